The summed E-state index contributed by atoms with van der Waals surface area (Å²) in [5.74, 6) is 2.22. The normalized spacial score (nSPS) is 49.6. The lowest BCUT2D eigenvalue weighted by Crippen LogP contribution is -2.40. The number of hydrogen-bond acceptors (Lipinski definition) is 1. The molecule has 0 unspecified atom stereocenters. The average Bonchev–Trinajstić information content (AvgIpc) is 2.60. The van der Waals surface area contributed by atoms with E-state index in [1.54, 1.807) is 12.8 Å². The van der Waals surface area contributed by atoms with Crippen molar-refractivity contribution in [1.82, 2.24) is 4.90 Å². The van der Waals surface area contributed by atoms with E-state index < -0.39 is 0 Å². The van der Waals surface area contributed by atoms with Crippen LogP contribution in [0.1, 0.15) is 32.1 Å². The molecule has 2 aliphatic heterocycles. The van der Waals surface area contributed by atoms with Gasteiger partial charge in [0, 0.05) is 6.04 Å². The van der Waals surface area contributed by atoms with Crippen LogP contribution in [0, 0.1) is 11.8 Å². The molecule has 3 fully saturated rings. The molecule has 0 bridgehead atoms. The lowest BCUT2D eigenvalue weighted by molar-refractivity contribution is 0.141. The summed E-state index contributed by atoms with van der Waals surface area (Å²) in [5, 5.41) is 0. The minimum absolute atomic E-state index is 1.05. The van der Waals surface area contributed by atoms with E-state index in [1.807, 2.05) is 0 Å². The Labute approximate surface area is 68.8 Å². The van der Waals surface area contributed by atoms with E-state index >= 15 is 0 Å². The maximum absolute atomic E-state index is 2.77. The molecule has 11 heavy (non-hydrogen) atoms. The predicted octanol–water partition coefficient (Wildman–Crippen LogP) is 1.88. The van der Waals surface area contributed by atoms with Crippen LogP contribution in [0.15, 0.2) is 0 Å². The summed E-state index contributed by atoms with van der Waals surface area (Å²) in [6, 6.07) is 1.05. The maximum atomic E-state index is 2.77. The molecular weight excluding hydrogens is 134 g/mol. The zero-order chi connectivity index (χ0) is 7.26. The van der Waals surface area contributed by atoms with Crippen molar-refractivity contribution in [2.75, 3.05) is 13.1 Å². The van der Waals surface area contributed by atoms with Crippen molar-refractivity contribution >= 4 is 0 Å². The third-order valence-corrected chi connectivity index (χ3v) is 4.10. The molecule has 0 amide bonds. The van der Waals surface area contributed by atoms with Gasteiger partial charge in [-0.15, -0.1) is 0 Å². The van der Waals surface area contributed by atoms with Crippen LogP contribution in [0.2, 0.25) is 0 Å². The van der Waals surface area contributed by atoms with E-state index in [0.717, 1.165) is 17.9 Å². The van der Waals surface area contributed by atoms with Gasteiger partial charge in [-0.1, -0.05) is 0 Å². The van der Waals surface area contributed by atoms with E-state index in [9.17, 15) is 0 Å². The van der Waals surface area contributed by atoms with E-state index in [-0.39, 0.29) is 0 Å². The van der Waals surface area contributed by atoms with Crippen molar-refractivity contribution in [2.24, 2.45) is 11.8 Å². The Morgan fingerprint density at radius 3 is 2.55 bits per heavy atom. The first-order valence-corrected chi connectivity index (χ1v) is 5.19. The Hall–Kier alpha value is -0.0400. The number of hydrogen-bond donors (Lipinski definition) is 0. The van der Waals surface area contributed by atoms with Gasteiger partial charge in [-0.3, -0.25) is 4.90 Å². The van der Waals surface area contributed by atoms with Crippen molar-refractivity contribution in [3.05, 3.63) is 0 Å². The quantitative estimate of drug-likeness (QED) is 0.511. The summed E-state index contributed by atoms with van der Waals surface area (Å²) >= 11 is 0. The standard InChI is InChI=1S/C10H17N/c1-2-8-3-4-9-5-7-11(6-1)10(8)9/h8-10H,1-7H2/t8-,9-,10-/m1/s1. The summed E-state index contributed by atoms with van der Waals surface area (Å²) in [5.41, 5.74) is 0. The van der Waals surface area contributed by atoms with Crippen molar-refractivity contribution in [3.8, 4) is 0 Å². The molecule has 3 rings (SSSR count). The second kappa shape index (κ2) is 2.22. The monoisotopic (exact) mass is 151 g/mol. The Morgan fingerprint density at radius 2 is 1.64 bits per heavy atom. The third kappa shape index (κ3) is 0.807. The second-order valence-electron chi connectivity index (χ2n) is 4.55. The Bertz CT molecular complexity index is 146. The molecule has 0 aromatic rings. The molecular formula is C10H17N. The summed E-state index contributed by atoms with van der Waals surface area (Å²) in [7, 11) is 0. The molecule has 0 aromatic heterocycles. The first-order chi connectivity index (χ1) is 5.45. The van der Waals surface area contributed by atoms with Gasteiger partial charge < -0.3 is 0 Å². The highest BCUT2D eigenvalue weighted by molar-refractivity contribution is 4.98. The van der Waals surface area contributed by atoms with Crippen LogP contribution in [-0.4, -0.2) is 24.0 Å². The van der Waals surface area contributed by atoms with E-state index in [0.29, 0.717) is 0 Å². The van der Waals surface area contributed by atoms with Crippen molar-refractivity contribution in [3.63, 3.8) is 0 Å². The van der Waals surface area contributed by atoms with Crippen molar-refractivity contribution < 1.29 is 0 Å². The van der Waals surface area contributed by atoms with E-state index in [2.05, 4.69) is 4.90 Å². The molecule has 2 heterocycles. The molecule has 0 radical (unpaired) electrons. The fourth-order valence-electron chi connectivity index (χ4n) is 3.68. The summed E-state index contributed by atoms with van der Waals surface area (Å²) < 4.78 is 0. The summed E-state index contributed by atoms with van der Waals surface area (Å²) in [6.07, 6.45) is 7.63. The maximum Gasteiger partial charge on any atom is 0.0152 e. The average molecular weight is 151 g/mol. The largest absolute Gasteiger partial charge is 0.300 e. The van der Waals surface area contributed by atoms with Gasteiger partial charge in [0.2, 0.25) is 0 Å². The van der Waals surface area contributed by atoms with Gasteiger partial charge in [-0.2, -0.15) is 0 Å². The van der Waals surface area contributed by atoms with E-state index in [4.69, 9.17) is 0 Å². The molecule has 1 aliphatic carbocycles. The second-order valence-corrected chi connectivity index (χ2v) is 4.55. The van der Waals surface area contributed by atoms with Gasteiger partial charge in [-0.05, 0) is 57.0 Å². The highest BCUT2D eigenvalue weighted by Crippen LogP contribution is 2.45. The van der Waals surface area contributed by atoms with Gasteiger partial charge >= 0.3 is 0 Å². The fraction of sp³-hybridized carbons (Fsp3) is 1.00. The molecule has 1 heteroatoms. The van der Waals surface area contributed by atoms with Crippen molar-refractivity contribution in [2.45, 2.75) is 38.1 Å². The van der Waals surface area contributed by atoms with Crippen LogP contribution >= 0.6 is 0 Å². The Balaban J connectivity index is 1.88. The Kier molecular flexibility index (Phi) is 1.31. The smallest absolute Gasteiger partial charge is 0.0152 e. The Morgan fingerprint density at radius 1 is 0.818 bits per heavy atom. The van der Waals surface area contributed by atoms with E-state index in [1.165, 1.54) is 32.4 Å². The van der Waals surface area contributed by atoms with Crippen LogP contribution in [0.25, 0.3) is 0 Å². The molecule has 0 spiro atoms. The van der Waals surface area contributed by atoms with Gasteiger partial charge in [0.05, 0.1) is 0 Å². The van der Waals surface area contributed by atoms with Gasteiger partial charge in [0.1, 0.15) is 0 Å². The molecule has 1 nitrogen and oxygen atoms in total. The topological polar surface area (TPSA) is 3.24 Å². The van der Waals surface area contributed by atoms with Crippen LogP contribution < -0.4 is 0 Å². The minimum Gasteiger partial charge on any atom is -0.300 e. The lowest BCUT2D eigenvalue weighted by Gasteiger charge is -2.34. The van der Waals surface area contributed by atoms with Crippen LogP contribution in [0.4, 0.5) is 0 Å². The summed E-state index contributed by atoms with van der Waals surface area (Å²) in [4.78, 5) is 2.77. The molecule has 2 saturated heterocycles. The molecule has 3 aliphatic rings. The molecule has 62 valence electrons. The molecule has 1 saturated carbocycles. The van der Waals surface area contributed by atoms with Crippen molar-refractivity contribution in [1.29, 1.82) is 0 Å². The van der Waals surface area contributed by atoms with Crippen LogP contribution in [0.5, 0.6) is 0 Å². The van der Waals surface area contributed by atoms with Gasteiger partial charge in [0.15, 0.2) is 0 Å². The number of piperidine rings is 1. The van der Waals surface area contributed by atoms with Gasteiger partial charge in [0.25, 0.3) is 0 Å². The zero-order valence-electron chi connectivity index (χ0n) is 7.13. The highest BCUT2D eigenvalue weighted by atomic mass is 15.2. The fourth-order valence-corrected chi connectivity index (χ4v) is 3.68. The molecule has 3 atom stereocenters. The lowest BCUT2D eigenvalue weighted by atomic mass is 9.91. The zero-order valence-corrected chi connectivity index (χ0v) is 7.13. The molecule has 0 aromatic carbocycles. The first-order valence-electron chi connectivity index (χ1n) is 5.19. The first kappa shape index (κ1) is 6.47. The molecule has 0 N–H and O–H groups in total. The summed E-state index contributed by atoms with van der Waals surface area (Å²) in [6.45, 7) is 2.84. The number of nitrogens with zero attached hydrogens (tertiary/aromatic N) is 1. The predicted molar refractivity (Wildman–Crippen MR) is 45.4 cm³/mol. The van der Waals surface area contributed by atoms with Crippen LogP contribution in [0.3, 0.4) is 0 Å². The SMILES string of the molecule is C1C[C@@H]2CC[C@@H]3CCN(C1)[C@H]23. The highest BCUT2D eigenvalue weighted by Gasteiger charge is 2.45. The third-order valence-electron chi connectivity index (χ3n) is 4.10. The van der Waals surface area contributed by atoms with Gasteiger partial charge in [-0.25, -0.2) is 0 Å². The number of rotatable bonds is 0. The minimum atomic E-state index is 1.05. The van der Waals surface area contributed by atoms with Crippen LogP contribution in [-0.2, 0) is 0 Å².